The van der Waals surface area contributed by atoms with Crippen molar-refractivity contribution in [2.24, 2.45) is 23.7 Å². The van der Waals surface area contributed by atoms with Crippen molar-refractivity contribution in [3.05, 3.63) is 0 Å². The fourth-order valence-electron chi connectivity index (χ4n) is 2.26. The van der Waals surface area contributed by atoms with Crippen molar-refractivity contribution in [2.45, 2.75) is 60.8 Å². The predicted molar refractivity (Wildman–Crippen MR) is 61.9 cm³/mol. The highest BCUT2D eigenvalue weighted by Crippen LogP contribution is 2.38. The van der Waals surface area contributed by atoms with Crippen molar-refractivity contribution in [3.8, 4) is 0 Å². The molecule has 0 aliphatic heterocycles. The summed E-state index contributed by atoms with van der Waals surface area (Å²) in [5.41, 5.74) is 0. The summed E-state index contributed by atoms with van der Waals surface area (Å²) in [4.78, 5) is 0. The van der Waals surface area contributed by atoms with E-state index in [1.807, 2.05) is 13.8 Å². The average molecular weight is 184 g/mol. The van der Waals surface area contributed by atoms with Crippen LogP contribution < -0.4 is 0 Å². The third kappa shape index (κ3) is 4.15. The van der Waals surface area contributed by atoms with Gasteiger partial charge in [0.2, 0.25) is 0 Å². The molecule has 1 saturated carbocycles. The van der Waals surface area contributed by atoms with Gasteiger partial charge in [-0.25, -0.2) is 0 Å². The van der Waals surface area contributed by atoms with E-state index in [4.69, 9.17) is 0 Å². The molecular formula is C13H28. The van der Waals surface area contributed by atoms with Crippen LogP contribution in [0.3, 0.4) is 0 Å². The van der Waals surface area contributed by atoms with E-state index in [0.717, 1.165) is 23.7 Å². The van der Waals surface area contributed by atoms with Crippen LogP contribution in [0.25, 0.3) is 0 Å². The third-order valence-corrected chi connectivity index (χ3v) is 3.40. The molecule has 80 valence electrons. The van der Waals surface area contributed by atoms with Gasteiger partial charge < -0.3 is 0 Å². The third-order valence-electron chi connectivity index (χ3n) is 3.40. The van der Waals surface area contributed by atoms with Gasteiger partial charge in [0.15, 0.2) is 0 Å². The highest BCUT2D eigenvalue weighted by molar-refractivity contribution is 4.78. The Morgan fingerprint density at radius 1 is 0.769 bits per heavy atom. The van der Waals surface area contributed by atoms with E-state index in [9.17, 15) is 0 Å². The molecule has 0 aromatic carbocycles. The van der Waals surface area contributed by atoms with Crippen LogP contribution in [0.2, 0.25) is 0 Å². The second-order valence-electron chi connectivity index (χ2n) is 4.82. The van der Waals surface area contributed by atoms with Gasteiger partial charge in [-0.1, -0.05) is 41.5 Å². The van der Waals surface area contributed by atoms with Crippen molar-refractivity contribution in [1.29, 1.82) is 0 Å². The lowest BCUT2D eigenvalue weighted by Crippen LogP contribution is -2.07. The van der Waals surface area contributed by atoms with Crippen LogP contribution >= 0.6 is 0 Å². The van der Waals surface area contributed by atoms with E-state index in [2.05, 4.69) is 27.7 Å². The molecule has 0 spiro atoms. The first kappa shape index (κ1) is 13.0. The largest absolute Gasteiger partial charge is 0.0683 e. The van der Waals surface area contributed by atoms with E-state index in [0.29, 0.717) is 0 Å². The highest BCUT2D eigenvalue weighted by atomic mass is 14.3. The molecule has 13 heavy (non-hydrogen) atoms. The van der Waals surface area contributed by atoms with Crippen LogP contribution in [0.15, 0.2) is 0 Å². The van der Waals surface area contributed by atoms with Gasteiger partial charge in [0.25, 0.3) is 0 Å². The van der Waals surface area contributed by atoms with Crippen molar-refractivity contribution in [2.75, 3.05) is 0 Å². The van der Waals surface area contributed by atoms with Gasteiger partial charge in [-0.2, -0.15) is 0 Å². The lowest BCUT2D eigenvalue weighted by Gasteiger charge is -2.16. The van der Waals surface area contributed by atoms with Gasteiger partial charge in [0, 0.05) is 0 Å². The molecule has 0 heterocycles. The minimum atomic E-state index is 0.916. The molecule has 0 aromatic rings. The molecule has 0 unspecified atom stereocenters. The van der Waals surface area contributed by atoms with Gasteiger partial charge in [-0.05, 0) is 42.9 Å². The molecule has 1 fully saturated rings. The maximum atomic E-state index is 2.37. The first-order valence-electron chi connectivity index (χ1n) is 6.11. The summed E-state index contributed by atoms with van der Waals surface area (Å²) >= 11 is 0. The van der Waals surface area contributed by atoms with Gasteiger partial charge in [0.1, 0.15) is 0 Å². The lowest BCUT2D eigenvalue weighted by atomic mass is 9.89. The lowest BCUT2D eigenvalue weighted by molar-refractivity contribution is 0.340. The van der Waals surface area contributed by atoms with Gasteiger partial charge in [-0.15, -0.1) is 0 Å². The molecule has 0 bridgehead atoms. The van der Waals surface area contributed by atoms with Crippen LogP contribution in [0.5, 0.6) is 0 Å². The Kier molecular flexibility index (Phi) is 6.45. The molecule has 0 aromatic heterocycles. The monoisotopic (exact) mass is 184 g/mol. The summed E-state index contributed by atoms with van der Waals surface area (Å²) in [5, 5.41) is 0. The fourth-order valence-corrected chi connectivity index (χ4v) is 2.26. The van der Waals surface area contributed by atoms with Gasteiger partial charge >= 0.3 is 0 Å². The van der Waals surface area contributed by atoms with Crippen molar-refractivity contribution in [1.82, 2.24) is 0 Å². The SMILES string of the molecule is CC.CC(C)[C@@H]1CC[C@H](C(C)C)C1. The Balaban J connectivity index is 0.000000671. The molecule has 1 aliphatic rings. The van der Waals surface area contributed by atoms with E-state index < -0.39 is 0 Å². The maximum absolute atomic E-state index is 2.37. The minimum absolute atomic E-state index is 0.916. The summed E-state index contributed by atoms with van der Waals surface area (Å²) in [6.07, 6.45) is 4.47. The topological polar surface area (TPSA) is 0 Å². The zero-order valence-electron chi connectivity index (χ0n) is 10.4. The van der Waals surface area contributed by atoms with Crippen LogP contribution in [-0.4, -0.2) is 0 Å². The maximum Gasteiger partial charge on any atom is -0.0388 e. The molecule has 0 radical (unpaired) electrons. The van der Waals surface area contributed by atoms with Gasteiger partial charge in [-0.3, -0.25) is 0 Å². The Morgan fingerprint density at radius 3 is 1.23 bits per heavy atom. The highest BCUT2D eigenvalue weighted by Gasteiger charge is 2.28. The molecular weight excluding hydrogens is 156 g/mol. The number of hydrogen-bond acceptors (Lipinski definition) is 0. The fraction of sp³-hybridized carbons (Fsp3) is 1.00. The van der Waals surface area contributed by atoms with E-state index in [1.165, 1.54) is 19.3 Å². The zero-order valence-corrected chi connectivity index (χ0v) is 10.4. The van der Waals surface area contributed by atoms with E-state index in [1.54, 1.807) is 0 Å². The standard InChI is InChI=1S/C11H22.C2H6/c1-8(2)10-5-6-11(7-10)9(3)4;1-2/h8-11H,5-7H2,1-4H3;1-2H3/t10-,11+;. The summed E-state index contributed by atoms with van der Waals surface area (Å²) in [6.45, 7) is 13.5. The molecule has 1 rings (SSSR count). The second-order valence-corrected chi connectivity index (χ2v) is 4.82. The van der Waals surface area contributed by atoms with Crippen molar-refractivity contribution < 1.29 is 0 Å². The Labute approximate surface area is 85.1 Å². The van der Waals surface area contributed by atoms with E-state index >= 15 is 0 Å². The first-order valence-corrected chi connectivity index (χ1v) is 6.11. The van der Waals surface area contributed by atoms with Crippen LogP contribution in [0.4, 0.5) is 0 Å². The van der Waals surface area contributed by atoms with Gasteiger partial charge in [0.05, 0.1) is 0 Å². The summed E-state index contributed by atoms with van der Waals surface area (Å²) in [5.74, 6) is 3.89. The molecule has 0 nitrogen and oxygen atoms in total. The first-order chi connectivity index (χ1) is 6.11. The Bertz CT molecular complexity index is 99.2. The smallest absolute Gasteiger partial charge is 0.0388 e. The summed E-state index contributed by atoms with van der Waals surface area (Å²) < 4.78 is 0. The number of hydrogen-bond donors (Lipinski definition) is 0. The Morgan fingerprint density at radius 2 is 1.08 bits per heavy atom. The van der Waals surface area contributed by atoms with E-state index in [-0.39, 0.29) is 0 Å². The molecule has 0 amide bonds. The summed E-state index contributed by atoms with van der Waals surface area (Å²) in [6, 6.07) is 0. The van der Waals surface area contributed by atoms with Crippen LogP contribution in [0, 0.1) is 23.7 Å². The van der Waals surface area contributed by atoms with Crippen LogP contribution in [0.1, 0.15) is 60.8 Å². The van der Waals surface area contributed by atoms with Crippen LogP contribution in [-0.2, 0) is 0 Å². The number of rotatable bonds is 2. The molecule has 0 saturated heterocycles. The Hall–Kier alpha value is 0. The quantitative estimate of drug-likeness (QED) is 0.581. The van der Waals surface area contributed by atoms with Crippen molar-refractivity contribution >= 4 is 0 Å². The minimum Gasteiger partial charge on any atom is -0.0683 e. The normalized spacial score (nSPS) is 27.7. The molecule has 0 heteroatoms. The average Bonchev–Trinajstić information content (AvgIpc) is 2.56. The summed E-state index contributed by atoms with van der Waals surface area (Å²) in [7, 11) is 0. The molecule has 2 atom stereocenters. The molecule has 1 aliphatic carbocycles. The zero-order chi connectivity index (χ0) is 10.4. The predicted octanol–water partition coefficient (Wildman–Crippen LogP) is 4.74. The molecule has 0 N–H and O–H groups in total. The second kappa shape index (κ2) is 6.45. The van der Waals surface area contributed by atoms with Crippen molar-refractivity contribution in [3.63, 3.8) is 0 Å².